The van der Waals surface area contributed by atoms with Crippen molar-refractivity contribution in [1.82, 2.24) is 20.2 Å². The van der Waals surface area contributed by atoms with Crippen LogP contribution in [0, 0.1) is 23.2 Å². The third-order valence-corrected chi connectivity index (χ3v) is 11.1. The first kappa shape index (κ1) is 31.2. The summed E-state index contributed by atoms with van der Waals surface area (Å²) in [6.45, 7) is 3.48. The zero-order valence-corrected chi connectivity index (χ0v) is 25.7. The SMILES string of the molecule is CC(NCCCCCCCCc1cccc2nc(C(F)(F)F)n([C@H]3CCC(=O)NC3=O)c(=O)c12)C12CC3CC(CC(C3)C1)C2. The Balaban J connectivity index is 1.000. The summed E-state index contributed by atoms with van der Waals surface area (Å²) in [5.74, 6) is 0.0251. The van der Waals surface area contributed by atoms with Crippen molar-refractivity contribution < 1.29 is 22.8 Å². The summed E-state index contributed by atoms with van der Waals surface area (Å²) in [6, 6.07) is 3.94. The number of piperidine rings is 1. The van der Waals surface area contributed by atoms with Crippen LogP contribution < -0.4 is 16.2 Å². The molecule has 2 atom stereocenters. The van der Waals surface area contributed by atoms with Crippen LogP contribution in [0.5, 0.6) is 0 Å². The topological polar surface area (TPSA) is 93.1 Å². The monoisotopic (exact) mass is 614 g/mol. The van der Waals surface area contributed by atoms with Gasteiger partial charge in [-0.25, -0.2) is 4.98 Å². The number of hydrogen-bond acceptors (Lipinski definition) is 5. The Kier molecular flexibility index (Phi) is 8.92. The number of nitrogens with one attached hydrogen (secondary N) is 2. The molecule has 0 radical (unpaired) electrons. The van der Waals surface area contributed by atoms with Crippen molar-refractivity contribution in [2.24, 2.45) is 23.2 Å². The Morgan fingerprint density at radius 2 is 1.61 bits per heavy atom. The number of fused-ring (bicyclic) bond motifs is 1. The van der Waals surface area contributed by atoms with Crippen molar-refractivity contribution in [3.63, 3.8) is 0 Å². The molecule has 1 aliphatic heterocycles. The Bertz CT molecular complexity index is 1420. The van der Waals surface area contributed by atoms with Crippen molar-refractivity contribution in [3.8, 4) is 0 Å². The van der Waals surface area contributed by atoms with Gasteiger partial charge in [0, 0.05) is 12.5 Å². The summed E-state index contributed by atoms with van der Waals surface area (Å²) in [6.07, 6.45) is 10.3. The quantitative estimate of drug-likeness (QED) is 0.211. The fourth-order valence-corrected chi connectivity index (χ4v) is 9.33. The second kappa shape index (κ2) is 12.6. The smallest absolute Gasteiger partial charge is 0.314 e. The van der Waals surface area contributed by atoms with E-state index in [1.807, 2.05) is 0 Å². The summed E-state index contributed by atoms with van der Waals surface area (Å²) in [4.78, 5) is 41.4. The minimum absolute atomic E-state index is 0.0290. The average molecular weight is 615 g/mol. The molecule has 240 valence electrons. The zero-order chi connectivity index (χ0) is 31.1. The van der Waals surface area contributed by atoms with E-state index in [-0.39, 0.29) is 23.7 Å². The van der Waals surface area contributed by atoms with Gasteiger partial charge >= 0.3 is 6.18 Å². The number of alkyl halides is 3. The molecule has 2 heterocycles. The summed E-state index contributed by atoms with van der Waals surface area (Å²) >= 11 is 0. The molecule has 1 unspecified atom stereocenters. The molecule has 10 heteroatoms. The molecule has 5 aliphatic rings. The molecule has 4 saturated carbocycles. The normalized spacial score (nSPS) is 28.9. The third-order valence-electron chi connectivity index (χ3n) is 11.1. The van der Waals surface area contributed by atoms with Gasteiger partial charge in [-0.05, 0) is 112 Å². The number of benzene rings is 1. The van der Waals surface area contributed by atoms with Crippen LogP contribution in [0.2, 0.25) is 0 Å². The minimum Gasteiger partial charge on any atom is -0.314 e. The highest BCUT2D eigenvalue weighted by Gasteiger charge is 2.53. The van der Waals surface area contributed by atoms with Crippen LogP contribution in [-0.2, 0) is 22.2 Å². The van der Waals surface area contributed by atoms with E-state index in [4.69, 9.17) is 0 Å². The highest BCUT2D eigenvalue weighted by molar-refractivity contribution is 5.99. The molecule has 1 aromatic carbocycles. The number of amides is 2. The molecule has 5 fully saturated rings. The van der Waals surface area contributed by atoms with Gasteiger partial charge in [0.25, 0.3) is 5.56 Å². The van der Waals surface area contributed by atoms with E-state index in [9.17, 15) is 27.6 Å². The highest BCUT2D eigenvalue weighted by Crippen LogP contribution is 2.61. The molecule has 1 saturated heterocycles. The molecular formula is C34H45F3N4O3. The fourth-order valence-electron chi connectivity index (χ4n) is 9.33. The summed E-state index contributed by atoms with van der Waals surface area (Å²) in [7, 11) is 0. The number of rotatable bonds is 12. The van der Waals surface area contributed by atoms with Crippen LogP contribution in [0.25, 0.3) is 10.9 Å². The molecule has 2 amide bonds. The predicted molar refractivity (Wildman–Crippen MR) is 162 cm³/mol. The molecule has 2 aromatic rings. The van der Waals surface area contributed by atoms with E-state index >= 15 is 0 Å². The number of nitrogens with zero attached hydrogens (tertiary/aromatic N) is 2. The fraction of sp³-hybridized carbons (Fsp3) is 0.706. The van der Waals surface area contributed by atoms with Gasteiger partial charge in [0.15, 0.2) is 0 Å². The molecule has 4 aliphatic carbocycles. The van der Waals surface area contributed by atoms with Gasteiger partial charge in [0.1, 0.15) is 6.04 Å². The van der Waals surface area contributed by atoms with Crippen LogP contribution >= 0.6 is 0 Å². The largest absolute Gasteiger partial charge is 0.449 e. The van der Waals surface area contributed by atoms with Crippen molar-refractivity contribution in [2.45, 2.75) is 121 Å². The van der Waals surface area contributed by atoms with Gasteiger partial charge in [-0.1, -0.05) is 37.8 Å². The molecular weight excluding hydrogens is 569 g/mol. The van der Waals surface area contributed by atoms with E-state index in [0.29, 0.717) is 28.0 Å². The van der Waals surface area contributed by atoms with Crippen molar-refractivity contribution in [1.29, 1.82) is 0 Å². The lowest BCUT2D eigenvalue weighted by atomic mass is 9.48. The number of carbonyl (C=O) groups is 2. The first-order valence-electron chi connectivity index (χ1n) is 16.7. The van der Waals surface area contributed by atoms with Crippen LogP contribution in [0.3, 0.4) is 0 Å². The number of hydrogen-bond donors (Lipinski definition) is 2. The average Bonchev–Trinajstić information content (AvgIpc) is 2.95. The molecule has 2 N–H and O–H groups in total. The van der Waals surface area contributed by atoms with Crippen molar-refractivity contribution in [2.75, 3.05) is 6.54 Å². The Morgan fingerprint density at radius 1 is 0.977 bits per heavy atom. The highest BCUT2D eigenvalue weighted by atomic mass is 19.4. The van der Waals surface area contributed by atoms with Crippen molar-refractivity contribution >= 4 is 22.7 Å². The van der Waals surface area contributed by atoms with Crippen LogP contribution in [0.15, 0.2) is 23.0 Å². The standard InChI is InChI=1S/C34H45F3N4O3/c1-21(33-18-22-15-23(19-33)17-24(16-22)20-33)38-14-7-5-3-2-4-6-9-25-10-8-11-26-29(25)31(44)41(32(39-26)34(35,36)37)27-12-13-28(42)40-30(27)43/h8,10-11,21-24,27,38H,2-7,9,12-20H2,1H3,(H,40,42,43)/t21?,22?,23?,24?,27-,33?/m0/s1. The predicted octanol–water partition coefficient (Wildman–Crippen LogP) is 6.47. The maximum absolute atomic E-state index is 14.0. The Labute approximate surface area is 256 Å². The first-order valence-corrected chi connectivity index (χ1v) is 16.7. The molecule has 7 nitrogen and oxygen atoms in total. The number of unbranched alkanes of at least 4 members (excludes halogenated alkanes) is 5. The zero-order valence-electron chi connectivity index (χ0n) is 25.7. The van der Waals surface area contributed by atoms with Crippen LogP contribution in [-0.4, -0.2) is 34.0 Å². The van der Waals surface area contributed by atoms with E-state index < -0.39 is 35.4 Å². The second-order valence-corrected chi connectivity index (χ2v) is 14.2. The first-order chi connectivity index (χ1) is 21.0. The lowest BCUT2D eigenvalue weighted by molar-refractivity contribution is -0.150. The summed E-state index contributed by atoms with van der Waals surface area (Å²) in [5.41, 5.74) is 0.254. The lowest BCUT2D eigenvalue weighted by Crippen LogP contribution is -2.54. The van der Waals surface area contributed by atoms with Crippen LogP contribution in [0.4, 0.5) is 13.2 Å². The molecule has 7 rings (SSSR count). The maximum Gasteiger partial charge on any atom is 0.449 e. The molecule has 1 aromatic heterocycles. The molecule has 0 spiro atoms. The summed E-state index contributed by atoms with van der Waals surface area (Å²) < 4.78 is 42.4. The Morgan fingerprint density at radius 3 is 2.25 bits per heavy atom. The second-order valence-electron chi connectivity index (χ2n) is 14.2. The van der Waals surface area contributed by atoms with Crippen molar-refractivity contribution in [3.05, 3.63) is 39.9 Å². The lowest BCUT2D eigenvalue weighted by Gasteiger charge is -2.59. The van der Waals surface area contributed by atoms with E-state index in [2.05, 4.69) is 22.5 Å². The van der Waals surface area contributed by atoms with E-state index in [1.54, 1.807) is 12.1 Å². The van der Waals surface area contributed by atoms with Gasteiger partial charge in [-0.3, -0.25) is 24.3 Å². The number of imide groups is 1. The third kappa shape index (κ3) is 6.33. The molecule has 44 heavy (non-hydrogen) atoms. The molecule has 4 bridgehead atoms. The van der Waals surface area contributed by atoms with Gasteiger partial charge < -0.3 is 5.32 Å². The number of carbonyl (C=O) groups excluding carboxylic acids is 2. The van der Waals surface area contributed by atoms with E-state index in [0.717, 1.165) is 62.8 Å². The van der Waals surface area contributed by atoms with E-state index in [1.165, 1.54) is 44.6 Å². The van der Waals surface area contributed by atoms with Gasteiger partial charge in [-0.15, -0.1) is 0 Å². The number of aryl methyl sites for hydroxylation is 1. The minimum atomic E-state index is -4.94. The number of halogens is 3. The summed E-state index contributed by atoms with van der Waals surface area (Å²) in [5, 5.41) is 6.06. The van der Waals surface area contributed by atoms with Gasteiger partial charge in [0.05, 0.1) is 10.9 Å². The Hall–Kier alpha value is -2.75. The van der Waals surface area contributed by atoms with Gasteiger partial charge in [0.2, 0.25) is 17.6 Å². The maximum atomic E-state index is 14.0. The number of aromatic nitrogens is 2. The van der Waals surface area contributed by atoms with Gasteiger partial charge in [-0.2, -0.15) is 13.2 Å². The van der Waals surface area contributed by atoms with Crippen LogP contribution in [0.1, 0.15) is 114 Å².